The van der Waals surface area contributed by atoms with Crippen molar-refractivity contribution >= 4 is 11.7 Å². The lowest BCUT2D eigenvalue weighted by atomic mass is 9.93. The Morgan fingerprint density at radius 2 is 1.50 bits per heavy atom. The zero-order valence-electron chi connectivity index (χ0n) is 20.4. The maximum absolute atomic E-state index is 13.7. The summed E-state index contributed by atoms with van der Waals surface area (Å²) in [6, 6.07) is 25.5. The maximum atomic E-state index is 13.7. The molecule has 34 heavy (non-hydrogen) atoms. The molecular weight excluding hydrogens is 424 g/mol. The second-order valence-electron chi connectivity index (χ2n) is 9.06. The number of methoxy groups -OCH3 is 1. The van der Waals surface area contributed by atoms with E-state index in [0.717, 1.165) is 16.7 Å². The van der Waals surface area contributed by atoms with Crippen LogP contribution in [-0.2, 0) is 4.79 Å². The molecule has 2 atom stereocenters. The van der Waals surface area contributed by atoms with Gasteiger partial charge in [-0.05, 0) is 37.1 Å². The van der Waals surface area contributed by atoms with Crippen LogP contribution in [0.25, 0.3) is 0 Å². The second kappa shape index (κ2) is 10.1. The number of hydrogen-bond donors (Lipinski definition) is 0. The van der Waals surface area contributed by atoms with Crippen LogP contribution < -0.4 is 9.47 Å². The van der Waals surface area contributed by atoms with Crippen LogP contribution in [0.15, 0.2) is 83.9 Å². The van der Waals surface area contributed by atoms with E-state index in [4.69, 9.17) is 14.5 Å². The summed E-state index contributed by atoms with van der Waals surface area (Å²) in [4.78, 5) is 20.8. The van der Waals surface area contributed by atoms with E-state index in [1.165, 1.54) is 0 Å². The fourth-order valence-electron chi connectivity index (χ4n) is 4.31. The van der Waals surface area contributed by atoms with Gasteiger partial charge < -0.3 is 9.47 Å². The van der Waals surface area contributed by atoms with Crippen LogP contribution in [0.4, 0.5) is 0 Å². The number of nitrogens with zero attached hydrogens (tertiary/aromatic N) is 2. The number of aliphatic imine (C=N–C) groups is 1. The van der Waals surface area contributed by atoms with E-state index in [1.807, 2.05) is 87.2 Å². The Bertz CT molecular complexity index is 1160. The van der Waals surface area contributed by atoms with E-state index < -0.39 is 0 Å². The van der Waals surface area contributed by atoms with Gasteiger partial charge in [-0.15, -0.1) is 0 Å². The van der Waals surface area contributed by atoms with E-state index in [2.05, 4.69) is 24.3 Å². The average molecular weight is 457 g/mol. The Labute approximate surface area is 202 Å². The highest BCUT2D eigenvalue weighted by atomic mass is 16.5. The molecule has 176 valence electrons. The Morgan fingerprint density at radius 1 is 0.882 bits per heavy atom. The summed E-state index contributed by atoms with van der Waals surface area (Å²) in [5.74, 6) is 1.80. The molecule has 1 heterocycles. The molecule has 0 saturated heterocycles. The van der Waals surface area contributed by atoms with E-state index in [1.54, 1.807) is 7.11 Å². The van der Waals surface area contributed by atoms with Crippen molar-refractivity contribution < 1.29 is 14.3 Å². The fourth-order valence-corrected chi connectivity index (χ4v) is 4.31. The minimum atomic E-state index is -0.262. The quantitative estimate of drug-likeness (QED) is 0.425. The number of carbonyl (C=O) groups excluding carboxylic acids is 1. The number of rotatable bonds is 7. The smallest absolute Gasteiger partial charge is 0.231 e. The van der Waals surface area contributed by atoms with Crippen molar-refractivity contribution in [1.82, 2.24) is 4.90 Å². The van der Waals surface area contributed by atoms with Gasteiger partial charge in [-0.3, -0.25) is 14.7 Å². The van der Waals surface area contributed by atoms with Crippen LogP contribution in [-0.4, -0.2) is 29.9 Å². The lowest BCUT2D eigenvalue weighted by Crippen LogP contribution is -2.40. The van der Waals surface area contributed by atoms with Gasteiger partial charge in [-0.25, -0.2) is 0 Å². The Balaban J connectivity index is 1.94. The molecule has 1 amide bonds. The summed E-state index contributed by atoms with van der Waals surface area (Å²) < 4.78 is 11.6. The molecule has 4 rings (SSSR count). The zero-order valence-corrected chi connectivity index (χ0v) is 20.4. The molecule has 0 radical (unpaired) electrons. The van der Waals surface area contributed by atoms with Crippen LogP contribution in [0.3, 0.4) is 0 Å². The molecule has 0 N–H and O–H groups in total. The van der Waals surface area contributed by atoms with Crippen LogP contribution in [0.1, 0.15) is 56.5 Å². The molecule has 0 spiro atoms. The highest BCUT2D eigenvalue weighted by molar-refractivity contribution is 6.11. The number of amidine groups is 1. The molecule has 1 aliphatic rings. The molecule has 0 bridgehead atoms. The van der Waals surface area contributed by atoms with Gasteiger partial charge in [0.15, 0.2) is 0 Å². The lowest BCUT2D eigenvalue weighted by Gasteiger charge is -2.31. The molecule has 2 unspecified atom stereocenters. The molecule has 5 heteroatoms. The normalized spacial score (nSPS) is 17.7. The van der Waals surface area contributed by atoms with Crippen molar-refractivity contribution in [1.29, 1.82) is 0 Å². The number of carbonyl (C=O) groups is 1. The van der Waals surface area contributed by atoms with Crippen molar-refractivity contribution in [2.45, 2.75) is 45.9 Å². The summed E-state index contributed by atoms with van der Waals surface area (Å²) in [6.45, 7) is 7.82. The summed E-state index contributed by atoms with van der Waals surface area (Å²) in [5, 5.41) is 0. The third-order valence-electron chi connectivity index (χ3n) is 5.87. The summed E-state index contributed by atoms with van der Waals surface area (Å²) in [6.07, 6.45) is -0.0445. The molecule has 5 nitrogen and oxygen atoms in total. The molecule has 0 aromatic heterocycles. The molecule has 0 fully saturated rings. The van der Waals surface area contributed by atoms with Crippen LogP contribution in [0.2, 0.25) is 0 Å². The van der Waals surface area contributed by atoms with Gasteiger partial charge in [0.2, 0.25) is 5.91 Å². The van der Waals surface area contributed by atoms with Gasteiger partial charge in [0.25, 0.3) is 0 Å². The molecule has 0 aliphatic carbocycles. The largest absolute Gasteiger partial charge is 0.497 e. The fraction of sp³-hybridized carbons (Fsp3) is 0.310. The van der Waals surface area contributed by atoms with Crippen molar-refractivity contribution in [2.24, 2.45) is 10.9 Å². The van der Waals surface area contributed by atoms with E-state index in [0.29, 0.717) is 17.3 Å². The van der Waals surface area contributed by atoms with Crippen LogP contribution in [0, 0.1) is 5.92 Å². The topological polar surface area (TPSA) is 51.1 Å². The standard InChI is InChI=1S/C29H32N2O3/c1-19(2)29(32)31-27(22-14-10-7-11-15-22)26(21-12-8-6-9-13-21)30-28(31)24-17-16-23(33-5)18-25(24)34-20(3)4/h6-20,26-27H,1-5H3. The summed E-state index contributed by atoms with van der Waals surface area (Å²) in [7, 11) is 1.63. The lowest BCUT2D eigenvalue weighted by molar-refractivity contribution is -0.132. The first-order valence-corrected chi connectivity index (χ1v) is 11.8. The number of hydrogen-bond acceptors (Lipinski definition) is 4. The highest BCUT2D eigenvalue weighted by Crippen LogP contribution is 2.45. The van der Waals surface area contributed by atoms with Gasteiger partial charge in [-0.2, -0.15) is 0 Å². The Kier molecular flexibility index (Phi) is 7.01. The van der Waals surface area contributed by atoms with E-state index in [-0.39, 0.29) is 30.0 Å². The van der Waals surface area contributed by atoms with E-state index >= 15 is 0 Å². The number of amides is 1. The van der Waals surface area contributed by atoms with Gasteiger partial charge in [0, 0.05) is 12.0 Å². The number of ether oxygens (including phenoxy) is 2. The molecule has 0 saturated carbocycles. The highest BCUT2D eigenvalue weighted by Gasteiger charge is 2.43. The first kappa shape index (κ1) is 23.6. The summed E-state index contributed by atoms with van der Waals surface area (Å²) >= 11 is 0. The first-order chi connectivity index (χ1) is 16.4. The van der Waals surface area contributed by atoms with Gasteiger partial charge in [0.05, 0.1) is 24.8 Å². The van der Waals surface area contributed by atoms with E-state index in [9.17, 15) is 4.79 Å². The Hall–Kier alpha value is -3.60. The monoisotopic (exact) mass is 456 g/mol. The predicted molar refractivity (Wildman–Crippen MR) is 135 cm³/mol. The molecule has 3 aromatic carbocycles. The van der Waals surface area contributed by atoms with Crippen LogP contribution in [0.5, 0.6) is 11.5 Å². The Morgan fingerprint density at radius 3 is 2.06 bits per heavy atom. The maximum Gasteiger partial charge on any atom is 0.231 e. The zero-order chi connectivity index (χ0) is 24.2. The molecule has 1 aliphatic heterocycles. The van der Waals surface area contributed by atoms with Crippen molar-refractivity contribution in [3.8, 4) is 11.5 Å². The van der Waals surface area contributed by atoms with Crippen molar-refractivity contribution in [3.63, 3.8) is 0 Å². The van der Waals surface area contributed by atoms with Gasteiger partial charge in [-0.1, -0.05) is 74.5 Å². The minimum Gasteiger partial charge on any atom is -0.497 e. The van der Waals surface area contributed by atoms with Gasteiger partial charge in [0.1, 0.15) is 23.4 Å². The minimum absolute atomic E-state index is 0.0253. The van der Waals surface area contributed by atoms with Crippen molar-refractivity contribution in [3.05, 3.63) is 95.6 Å². The van der Waals surface area contributed by atoms with Gasteiger partial charge >= 0.3 is 0 Å². The molecule has 3 aromatic rings. The molecular formula is C29H32N2O3. The SMILES string of the molecule is COc1ccc(C2=NC(c3ccccc3)C(c3ccccc3)N2C(=O)C(C)C)c(OC(C)C)c1. The van der Waals surface area contributed by atoms with Crippen molar-refractivity contribution in [2.75, 3.05) is 7.11 Å². The summed E-state index contributed by atoms with van der Waals surface area (Å²) in [5.41, 5.74) is 2.89. The second-order valence-corrected chi connectivity index (χ2v) is 9.06. The van der Waals surface area contributed by atoms with Crippen LogP contribution >= 0.6 is 0 Å². The third kappa shape index (κ3) is 4.69. The third-order valence-corrected chi connectivity index (χ3v) is 5.87. The average Bonchev–Trinajstić information content (AvgIpc) is 3.24. The predicted octanol–water partition coefficient (Wildman–Crippen LogP) is 6.21. The number of benzene rings is 3. The first-order valence-electron chi connectivity index (χ1n) is 11.8.